The minimum atomic E-state index is -2.31. The Morgan fingerprint density at radius 1 is 1.35 bits per heavy atom. The largest absolute Gasteiger partial charge is 0.509 e. The SMILES string of the molecule is O=C(O)c1cccc(CCNC[C@@H](O)C[C@H](C2CC=CCC2)[P+](=O)O)c1. The molecule has 1 aliphatic carbocycles. The lowest BCUT2D eigenvalue weighted by molar-refractivity contribution is 0.0696. The normalized spacial score (nSPS) is 19.8. The standard InChI is InChI=1S/C19H26NO5P/c21-17(12-18(26(24)25)15-6-2-1-3-7-15)13-20-10-9-14-5-4-8-16(11-14)19(22)23/h1-2,4-5,8,11,15,17-18,20-21H,3,6-7,9-10,12-13H2,(H-,22,23,24,25)/p+1/t15?,17-,18+/m0/s1. The van der Waals surface area contributed by atoms with E-state index in [0.29, 0.717) is 25.9 Å². The van der Waals surface area contributed by atoms with Crippen LogP contribution in [0.3, 0.4) is 0 Å². The first-order valence-electron chi connectivity index (χ1n) is 8.98. The number of hydrogen-bond donors (Lipinski definition) is 4. The van der Waals surface area contributed by atoms with E-state index in [9.17, 15) is 19.4 Å². The maximum absolute atomic E-state index is 11.7. The van der Waals surface area contributed by atoms with Crippen LogP contribution in [0.2, 0.25) is 0 Å². The van der Waals surface area contributed by atoms with Crippen molar-refractivity contribution in [3.63, 3.8) is 0 Å². The lowest BCUT2D eigenvalue weighted by Crippen LogP contribution is -2.32. The zero-order chi connectivity index (χ0) is 18.9. The highest BCUT2D eigenvalue weighted by Gasteiger charge is 2.38. The summed E-state index contributed by atoms with van der Waals surface area (Å²) >= 11 is 0. The van der Waals surface area contributed by atoms with Crippen LogP contribution >= 0.6 is 8.03 Å². The Bertz CT molecular complexity index is 649. The van der Waals surface area contributed by atoms with Crippen LogP contribution < -0.4 is 5.32 Å². The van der Waals surface area contributed by atoms with Gasteiger partial charge in [0.25, 0.3) is 0 Å². The summed E-state index contributed by atoms with van der Waals surface area (Å²) in [6.07, 6.45) is 7.04. The monoisotopic (exact) mass is 380 g/mol. The van der Waals surface area contributed by atoms with Crippen molar-refractivity contribution in [1.29, 1.82) is 0 Å². The van der Waals surface area contributed by atoms with Crippen LogP contribution in [0.5, 0.6) is 0 Å². The van der Waals surface area contributed by atoms with E-state index in [1.54, 1.807) is 18.2 Å². The Morgan fingerprint density at radius 3 is 2.81 bits per heavy atom. The fourth-order valence-corrected chi connectivity index (χ4v) is 4.41. The predicted molar refractivity (Wildman–Crippen MR) is 101 cm³/mol. The molecule has 142 valence electrons. The number of aromatic carboxylic acids is 1. The highest BCUT2D eigenvalue weighted by Crippen LogP contribution is 2.38. The number of carboxylic acid groups (broad SMARTS) is 1. The van der Waals surface area contributed by atoms with Crippen LogP contribution in [0.4, 0.5) is 0 Å². The lowest BCUT2D eigenvalue weighted by Gasteiger charge is -2.21. The van der Waals surface area contributed by atoms with Gasteiger partial charge in [-0.05, 0) is 54.5 Å². The summed E-state index contributed by atoms with van der Waals surface area (Å²) in [4.78, 5) is 20.6. The fourth-order valence-electron chi connectivity index (χ4n) is 3.35. The number of aliphatic hydroxyl groups excluding tert-OH is 1. The second-order valence-electron chi connectivity index (χ2n) is 6.76. The van der Waals surface area contributed by atoms with E-state index >= 15 is 0 Å². The number of aliphatic hydroxyl groups is 1. The Balaban J connectivity index is 1.74. The second-order valence-corrected chi connectivity index (χ2v) is 8.03. The van der Waals surface area contributed by atoms with Gasteiger partial charge in [-0.25, -0.2) is 4.79 Å². The van der Waals surface area contributed by atoms with E-state index in [1.807, 2.05) is 6.07 Å². The van der Waals surface area contributed by atoms with Crippen molar-refractivity contribution in [3.8, 4) is 0 Å². The molecule has 0 bridgehead atoms. The van der Waals surface area contributed by atoms with Crippen LogP contribution in [-0.4, -0.2) is 45.9 Å². The van der Waals surface area contributed by atoms with Gasteiger partial charge >= 0.3 is 14.0 Å². The number of nitrogens with one attached hydrogen (secondary N) is 1. The van der Waals surface area contributed by atoms with Gasteiger partial charge in [0.15, 0.2) is 5.66 Å². The fraction of sp³-hybridized carbons (Fsp3) is 0.526. The predicted octanol–water partition coefficient (Wildman–Crippen LogP) is 2.73. The maximum atomic E-state index is 11.7. The number of allylic oxidation sites excluding steroid dienone is 2. The van der Waals surface area contributed by atoms with Crippen LogP contribution in [-0.2, 0) is 11.0 Å². The number of rotatable bonds is 10. The van der Waals surface area contributed by atoms with Crippen molar-refractivity contribution >= 4 is 14.0 Å². The van der Waals surface area contributed by atoms with Crippen molar-refractivity contribution in [2.75, 3.05) is 13.1 Å². The summed E-state index contributed by atoms with van der Waals surface area (Å²) < 4.78 is 11.7. The van der Waals surface area contributed by atoms with E-state index in [0.717, 1.165) is 24.8 Å². The van der Waals surface area contributed by atoms with E-state index in [2.05, 4.69) is 17.5 Å². The van der Waals surface area contributed by atoms with Gasteiger partial charge in [0, 0.05) is 18.9 Å². The van der Waals surface area contributed by atoms with Gasteiger partial charge in [-0.15, -0.1) is 0 Å². The van der Waals surface area contributed by atoms with Crippen molar-refractivity contribution in [2.45, 2.75) is 43.9 Å². The molecule has 1 aliphatic rings. The first-order valence-corrected chi connectivity index (χ1v) is 10.3. The molecule has 6 nitrogen and oxygen atoms in total. The molecule has 4 N–H and O–H groups in total. The average molecular weight is 380 g/mol. The zero-order valence-corrected chi connectivity index (χ0v) is 15.6. The van der Waals surface area contributed by atoms with E-state index in [-0.39, 0.29) is 17.1 Å². The smallest absolute Gasteiger partial charge is 0.478 e. The molecule has 2 rings (SSSR count). The second kappa shape index (κ2) is 10.5. The summed E-state index contributed by atoms with van der Waals surface area (Å²) in [6.45, 7) is 0.948. The molecule has 0 aromatic heterocycles. The molecule has 7 heteroatoms. The van der Waals surface area contributed by atoms with Gasteiger partial charge in [0.2, 0.25) is 0 Å². The summed E-state index contributed by atoms with van der Waals surface area (Å²) in [5.74, 6) is -0.793. The molecule has 26 heavy (non-hydrogen) atoms. The molecular weight excluding hydrogens is 353 g/mol. The molecule has 4 atom stereocenters. The lowest BCUT2D eigenvalue weighted by atomic mass is 9.89. The van der Waals surface area contributed by atoms with Gasteiger partial charge < -0.3 is 15.5 Å². The molecular formula is C19H27NO5P+. The van der Waals surface area contributed by atoms with Crippen molar-refractivity contribution in [2.24, 2.45) is 5.92 Å². The average Bonchev–Trinajstić information content (AvgIpc) is 2.64. The van der Waals surface area contributed by atoms with Crippen LogP contribution in [0.1, 0.15) is 41.6 Å². The molecule has 0 saturated carbocycles. The molecule has 1 aromatic carbocycles. The Morgan fingerprint density at radius 2 is 2.15 bits per heavy atom. The van der Waals surface area contributed by atoms with E-state index in [4.69, 9.17) is 5.11 Å². The molecule has 0 saturated heterocycles. The number of carboxylic acids is 1. The first kappa shape index (κ1) is 20.7. The van der Waals surface area contributed by atoms with Gasteiger partial charge in [0.05, 0.1) is 11.7 Å². The minimum Gasteiger partial charge on any atom is -0.478 e. The Hall–Kier alpha value is -1.59. The minimum absolute atomic E-state index is 0.155. The van der Waals surface area contributed by atoms with Gasteiger partial charge in [0.1, 0.15) is 0 Å². The summed E-state index contributed by atoms with van der Waals surface area (Å²) in [5.41, 5.74) is 0.801. The molecule has 0 spiro atoms. The molecule has 0 radical (unpaired) electrons. The van der Waals surface area contributed by atoms with Crippen LogP contribution in [0.25, 0.3) is 0 Å². The topological polar surface area (TPSA) is 107 Å². The number of hydrogen-bond acceptors (Lipinski definition) is 4. The van der Waals surface area contributed by atoms with E-state index in [1.165, 1.54) is 0 Å². The molecule has 2 unspecified atom stereocenters. The quantitative estimate of drug-likeness (QED) is 0.282. The number of carbonyl (C=O) groups is 1. The van der Waals surface area contributed by atoms with Gasteiger partial charge in [-0.2, -0.15) is 4.89 Å². The number of benzene rings is 1. The summed E-state index contributed by atoms with van der Waals surface area (Å²) in [7, 11) is -2.31. The summed E-state index contributed by atoms with van der Waals surface area (Å²) in [5, 5.41) is 22.3. The maximum Gasteiger partial charge on any atom is 0.509 e. The highest BCUT2D eigenvalue weighted by atomic mass is 31.1. The van der Waals surface area contributed by atoms with E-state index < -0.39 is 20.1 Å². The van der Waals surface area contributed by atoms with Gasteiger partial charge in [-0.1, -0.05) is 24.3 Å². The third kappa shape index (κ3) is 6.61. The van der Waals surface area contributed by atoms with Crippen molar-refractivity contribution in [1.82, 2.24) is 5.32 Å². The molecule has 0 fully saturated rings. The third-order valence-electron chi connectivity index (χ3n) is 4.80. The molecule has 0 amide bonds. The van der Waals surface area contributed by atoms with Gasteiger partial charge in [-0.3, -0.25) is 0 Å². The highest BCUT2D eigenvalue weighted by molar-refractivity contribution is 7.38. The summed E-state index contributed by atoms with van der Waals surface area (Å²) in [6, 6.07) is 6.78. The Kier molecular flexibility index (Phi) is 8.39. The Labute approximate surface area is 154 Å². The van der Waals surface area contributed by atoms with Crippen molar-refractivity contribution in [3.05, 3.63) is 47.5 Å². The molecule has 0 heterocycles. The van der Waals surface area contributed by atoms with Crippen LogP contribution in [0, 0.1) is 5.92 Å². The van der Waals surface area contributed by atoms with Crippen LogP contribution in [0.15, 0.2) is 36.4 Å². The third-order valence-corrected chi connectivity index (χ3v) is 6.00. The van der Waals surface area contributed by atoms with Crippen molar-refractivity contribution < 1.29 is 24.5 Å². The first-order chi connectivity index (χ1) is 12.5. The molecule has 0 aliphatic heterocycles. The zero-order valence-electron chi connectivity index (χ0n) is 14.8. The molecule has 1 aromatic rings.